The number of alkyl halides is 1. The number of likely N-dealkylation sites (tertiary alicyclic amines) is 1. The Morgan fingerprint density at radius 1 is 0.944 bits per heavy atom. The van der Waals surface area contributed by atoms with Crippen LogP contribution in [0.2, 0.25) is 5.02 Å². The van der Waals surface area contributed by atoms with Crippen LogP contribution in [0.5, 0.6) is 23.0 Å². The number of rotatable bonds is 21. The lowest BCUT2D eigenvalue weighted by molar-refractivity contribution is -0.911. The number of carboxylic acids is 1. The molecule has 378 valence electrons. The quantitative estimate of drug-likeness (QED) is 0.0239. The Morgan fingerprint density at radius 2 is 1.57 bits per heavy atom. The van der Waals surface area contributed by atoms with E-state index in [4.69, 9.17) is 68.2 Å². The molecular formula is C48H52B2Cl2N5O13S2+. The molecule has 7 rings (SSSR count). The van der Waals surface area contributed by atoms with E-state index in [0.29, 0.717) is 40.6 Å². The minimum absolute atomic E-state index is 0.129. The van der Waals surface area contributed by atoms with E-state index in [9.17, 15) is 24.0 Å². The molecule has 0 saturated carbocycles. The number of benzene rings is 3. The number of halogens is 2. The largest absolute Gasteiger partial charge is 0.541 e. The Morgan fingerprint density at radius 3 is 2.11 bits per heavy atom. The molecule has 0 spiro atoms. The fourth-order valence-electron chi connectivity index (χ4n) is 8.05. The average Bonchev–Trinajstić information content (AvgIpc) is 4.04. The molecule has 3 aromatic carbocycles. The zero-order valence-electron chi connectivity index (χ0n) is 40.1. The smallest absolute Gasteiger partial charge is 0.378 e. The second-order valence-corrected chi connectivity index (χ2v) is 20.0. The van der Waals surface area contributed by atoms with Gasteiger partial charge in [0.25, 0.3) is 5.91 Å². The number of thiazole rings is 1. The van der Waals surface area contributed by atoms with Gasteiger partial charge < -0.3 is 48.0 Å². The van der Waals surface area contributed by atoms with Gasteiger partial charge in [0, 0.05) is 35.5 Å². The molecular weight excluding hydrogens is 1010 g/mol. The summed E-state index contributed by atoms with van der Waals surface area (Å²) in [4.78, 5) is 71.9. The number of hydrogen-bond acceptors (Lipinski definition) is 16. The van der Waals surface area contributed by atoms with Gasteiger partial charge >= 0.3 is 34.0 Å². The molecule has 2 N–H and O–H groups in total. The number of carboxylic acid groups (broad SMARTS) is 1. The van der Waals surface area contributed by atoms with E-state index in [1.807, 2.05) is 48.5 Å². The summed E-state index contributed by atoms with van der Waals surface area (Å²) in [7, 11) is 13.3. The molecule has 72 heavy (non-hydrogen) atoms. The van der Waals surface area contributed by atoms with Gasteiger partial charge in [0.15, 0.2) is 11.5 Å². The van der Waals surface area contributed by atoms with Crippen LogP contribution in [0.3, 0.4) is 0 Å². The number of methoxy groups -OCH3 is 2. The lowest BCUT2D eigenvalue weighted by Gasteiger charge is -2.48. The molecule has 3 aliphatic heterocycles. The topological polar surface area (TPSA) is 211 Å². The monoisotopic (exact) mass is 1060 g/mol. The van der Waals surface area contributed by atoms with Gasteiger partial charge in [-0.25, -0.2) is 19.4 Å². The summed E-state index contributed by atoms with van der Waals surface area (Å²) in [5.41, 5.74) is 2.78. The summed E-state index contributed by atoms with van der Waals surface area (Å²) in [6.45, 7) is 8.69. The Hall–Kier alpha value is -5.93. The number of aryl methyl sites for hydroxylation is 1. The van der Waals surface area contributed by atoms with E-state index < -0.39 is 29.4 Å². The van der Waals surface area contributed by atoms with E-state index in [1.165, 1.54) is 33.4 Å². The standard InChI is InChI=1S/C37H38BCl2N3O8S.C11H13BN2O5S/c1-47-26-9-5-23(6-10-26)20-49-29-14-13-28(30(39)33(29)50-21-24-7-11-27(48-2)12-8-24)34(44)41-15-18-43(16-3-4-17-43)19-25-22-52-36-31(40)35(45)42(36)32(25)37(46)51-38;1-5(2)9(11(17)18-12)19-14-8(10(15)16)7-4-20-6(3)13-7/h5-14,31,36H,3-4,15-22H2,1-2H3;4-5,9H,1-3H3,(H,15,16)/p+1/b;14-8+/t31-,36-;9-/m10/s1. The predicted molar refractivity (Wildman–Crippen MR) is 272 cm³/mol. The van der Waals surface area contributed by atoms with Gasteiger partial charge in [-0.05, 0) is 54.4 Å². The Kier molecular flexibility index (Phi) is 19.7. The fourth-order valence-corrected chi connectivity index (χ4v) is 10.6. The van der Waals surface area contributed by atoms with E-state index in [-0.39, 0.29) is 69.8 Å². The first-order valence-corrected chi connectivity index (χ1v) is 25.3. The maximum absolute atomic E-state index is 13.6. The highest BCUT2D eigenvalue weighted by atomic mass is 35.5. The van der Waals surface area contributed by atoms with Crippen LogP contribution in [0.4, 0.5) is 0 Å². The minimum atomic E-state index is -1.31. The summed E-state index contributed by atoms with van der Waals surface area (Å²) < 4.78 is 32.2. The second kappa shape index (κ2) is 25.6. The number of fused-ring (bicyclic) bond motifs is 1. The molecule has 1 aromatic heterocycles. The number of nitrogens with zero attached hydrogens (tertiary/aromatic N) is 4. The van der Waals surface area contributed by atoms with Crippen molar-refractivity contribution in [2.24, 2.45) is 11.1 Å². The van der Waals surface area contributed by atoms with Crippen LogP contribution in [0.25, 0.3) is 0 Å². The molecule has 3 atom stereocenters. The van der Waals surface area contributed by atoms with Crippen molar-refractivity contribution in [3.63, 3.8) is 0 Å². The number of oxime groups is 1. The highest BCUT2D eigenvalue weighted by Crippen LogP contribution is 2.44. The van der Waals surface area contributed by atoms with Crippen LogP contribution < -0.4 is 24.3 Å². The Bertz CT molecular complexity index is 2650. The number of thioether (sulfide) groups is 1. The van der Waals surface area contributed by atoms with E-state index in [1.54, 1.807) is 47.1 Å². The van der Waals surface area contributed by atoms with Crippen LogP contribution in [0, 0.1) is 12.8 Å². The maximum Gasteiger partial charge on any atom is 0.378 e. The Labute approximate surface area is 437 Å². The molecule has 4 aromatic rings. The molecule has 2 amide bonds. The molecule has 0 aliphatic carbocycles. The number of quaternary nitrogens is 1. The van der Waals surface area contributed by atoms with Gasteiger partial charge in [-0.15, -0.1) is 34.7 Å². The molecule has 0 unspecified atom stereocenters. The second-order valence-electron chi connectivity index (χ2n) is 17.0. The van der Waals surface area contributed by atoms with Crippen molar-refractivity contribution in [3.05, 3.63) is 110 Å². The lowest BCUT2D eigenvalue weighted by atomic mass is 10.1. The third-order valence-electron chi connectivity index (χ3n) is 11.9. The summed E-state index contributed by atoms with van der Waals surface area (Å²) in [6, 6.07) is 18.3. The summed E-state index contributed by atoms with van der Waals surface area (Å²) in [6.07, 6.45) is 0.909. The van der Waals surface area contributed by atoms with E-state index in [0.717, 1.165) is 54.1 Å². The molecule has 18 nitrogen and oxygen atoms in total. The van der Waals surface area contributed by atoms with Gasteiger partial charge in [0.05, 0.1) is 56.0 Å². The van der Waals surface area contributed by atoms with Crippen LogP contribution in [0.1, 0.15) is 58.9 Å². The van der Waals surface area contributed by atoms with Gasteiger partial charge in [0.2, 0.25) is 17.7 Å². The maximum atomic E-state index is 13.6. The molecule has 0 bridgehead atoms. The zero-order chi connectivity index (χ0) is 52.1. The third kappa shape index (κ3) is 13.6. The van der Waals surface area contributed by atoms with Gasteiger partial charge in [0.1, 0.15) is 53.4 Å². The number of nitrogens with one attached hydrogen (secondary N) is 1. The van der Waals surface area contributed by atoms with Crippen molar-refractivity contribution in [3.8, 4) is 23.0 Å². The van der Waals surface area contributed by atoms with Crippen molar-refractivity contribution >= 4 is 97.8 Å². The van der Waals surface area contributed by atoms with Crippen molar-refractivity contribution in [1.29, 1.82) is 0 Å². The zero-order valence-corrected chi connectivity index (χ0v) is 43.2. The van der Waals surface area contributed by atoms with Gasteiger partial charge in [-0.2, -0.15) is 0 Å². The SMILES string of the molecule is [B]OC(=O)C1=C(C[N+]2(CCNC(=O)c3ccc(OCc4ccc(OC)cc4)c(OCc4ccc(OC)cc4)c3Cl)CCCC2)CS[C@@H]2[C@H](Cl)C(=O)N12.[B]OC(=O)[C@@H](O/N=C(/C(=O)O)c1csc(C)n1)C(C)C. The number of carbonyl (C=O) groups excluding carboxylic acids is 4. The average molecular weight is 1060 g/mol. The summed E-state index contributed by atoms with van der Waals surface area (Å²) in [5, 5.41) is 17.0. The van der Waals surface area contributed by atoms with Crippen LogP contribution in [-0.2, 0) is 46.5 Å². The van der Waals surface area contributed by atoms with E-state index >= 15 is 0 Å². The number of carbonyl (C=O) groups is 5. The number of aliphatic carboxylic acids is 1. The van der Waals surface area contributed by atoms with E-state index in [2.05, 4.69) is 24.8 Å². The fraction of sp³-hybridized carbons (Fsp3) is 0.396. The first-order chi connectivity index (χ1) is 34.5. The Balaban J connectivity index is 0.000000356. The molecule has 24 heteroatoms. The van der Waals surface area contributed by atoms with Crippen molar-refractivity contribution < 1.29 is 66.7 Å². The normalized spacial score (nSPS) is 17.4. The number of aromatic nitrogens is 1. The van der Waals surface area contributed by atoms with Crippen LogP contribution in [-0.4, -0.2) is 141 Å². The van der Waals surface area contributed by atoms with Crippen LogP contribution in [0.15, 0.2) is 82.5 Å². The van der Waals surface area contributed by atoms with Gasteiger partial charge in [-0.3, -0.25) is 14.5 Å². The van der Waals surface area contributed by atoms with Crippen molar-refractivity contribution in [1.82, 2.24) is 15.2 Å². The molecule has 2 saturated heterocycles. The van der Waals surface area contributed by atoms with Crippen LogP contribution >= 0.6 is 46.3 Å². The number of ether oxygens (including phenoxy) is 4. The third-order valence-corrected chi connectivity index (χ3v) is 14.9. The summed E-state index contributed by atoms with van der Waals surface area (Å²) >= 11 is 15.9. The molecule has 3 aliphatic rings. The van der Waals surface area contributed by atoms with Crippen molar-refractivity contribution in [2.75, 3.05) is 52.7 Å². The molecule has 4 radical (unpaired) electrons. The molecule has 2 fully saturated rings. The number of β-lactam (4-membered cyclic amide) rings is 1. The number of hydrogen-bond donors (Lipinski definition) is 2. The highest BCUT2D eigenvalue weighted by molar-refractivity contribution is 8.00. The number of amides is 2. The summed E-state index contributed by atoms with van der Waals surface area (Å²) in [5.74, 6) is -1.25. The predicted octanol–water partition coefficient (Wildman–Crippen LogP) is 6.17. The first-order valence-electron chi connectivity index (χ1n) is 22.5. The van der Waals surface area contributed by atoms with Crippen molar-refractivity contribution in [2.45, 2.75) is 63.7 Å². The molecule has 4 heterocycles. The van der Waals surface area contributed by atoms with Gasteiger partial charge in [-0.1, -0.05) is 54.9 Å². The highest BCUT2D eigenvalue weighted by Gasteiger charge is 2.53. The lowest BCUT2D eigenvalue weighted by Crippen LogP contribution is -2.63. The minimum Gasteiger partial charge on any atom is -0.541 e. The first kappa shape index (κ1) is 55.4.